The van der Waals surface area contributed by atoms with Crippen LogP contribution in [0.1, 0.15) is 51.1 Å². The van der Waals surface area contributed by atoms with Crippen LogP contribution in [0.25, 0.3) is 0 Å². The summed E-state index contributed by atoms with van der Waals surface area (Å²) in [6.45, 7) is 5.65. The van der Waals surface area contributed by atoms with Crippen molar-refractivity contribution in [3.05, 3.63) is 34.9 Å². The average molecular weight is 309 g/mol. The van der Waals surface area contributed by atoms with E-state index in [9.17, 15) is 0 Å². The number of nitrogens with zero attached hydrogens (tertiary/aromatic N) is 1. The fraction of sp³-hybridized carbons (Fsp3) is 0.667. The Morgan fingerprint density at radius 2 is 2.19 bits per heavy atom. The molecule has 0 radical (unpaired) electrons. The van der Waals surface area contributed by atoms with Crippen molar-refractivity contribution in [1.29, 1.82) is 0 Å². The van der Waals surface area contributed by atoms with Crippen LogP contribution in [0.5, 0.6) is 0 Å². The molecular formula is C18H29ClN2. The molecule has 2 nitrogen and oxygen atoms in total. The fourth-order valence-corrected chi connectivity index (χ4v) is 3.79. The summed E-state index contributed by atoms with van der Waals surface area (Å²) < 4.78 is 0. The molecule has 2 rings (SSSR count). The normalized spacial score (nSPS) is 27.8. The van der Waals surface area contributed by atoms with Crippen LogP contribution in [-0.4, -0.2) is 31.1 Å². The summed E-state index contributed by atoms with van der Waals surface area (Å²) in [5, 5.41) is 4.55. The molecule has 0 aromatic heterocycles. The van der Waals surface area contributed by atoms with E-state index in [1.54, 1.807) is 0 Å². The second kappa shape index (κ2) is 7.13. The van der Waals surface area contributed by atoms with E-state index in [-0.39, 0.29) is 0 Å². The minimum atomic E-state index is 0.296. The van der Waals surface area contributed by atoms with Gasteiger partial charge in [0.1, 0.15) is 0 Å². The standard InChI is InChI=1S/C18H29ClN2/c1-14-7-6-10-18(12-14,21(3)4)13-20-15(2)16-8-5-9-17(19)11-16/h5,8-9,11,14-15,20H,6-7,10,12-13H2,1-4H3. The van der Waals surface area contributed by atoms with Crippen LogP contribution >= 0.6 is 11.6 Å². The SMILES string of the molecule is CC1CCCC(CNC(C)c2cccc(Cl)c2)(N(C)C)C1. The highest BCUT2D eigenvalue weighted by Crippen LogP contribution is 2.35. The van der Waals surface area contributed by atoms with E-state index < -0.39 is 0 Å². The summed E-state index contributed by atoms with van der Waals surface area (Å²) in [4.78, 5) is 2.43. The summed E-state index contributed by atoms with van der Waals surface area (Å²) in [6, 6.07) is 8.50. The Bertz CT molecular complexity index is 460. The monoisotopic (exact) mass is 308 g/mol. The summed E-state index contributed by atoms with van der Waals surface area (Å²) in [5.41, 5.74) is 1.56. The maximum Gasteiger partial charge on any atom is 0.0409 e. The highest BCUT2D eigenvalue weighted by atomic mass is 35.5. The van der Waals surface area contributed by atoms with Gasteiger partial charge < -0.3 is 10.2 Å². The van der Waals surface area contributed by atoms with Crippen LogP contribution in [0.2, 0.25) is 5.02 Å². The maximum atomic E-state index is 6.10. The molecular weight excluding hydrogens is 280 g/mol. The Kier molecular flexibility index (Phi) is 5.70. The minimum Gasteiger partial charge on any atom is -0.308 e. The van der Waals surface area contributed by atoms with E-state index in [1.165, 1.54) is 31.2 Å². The number of halogens is 1. The van der Waals surface area contributed by atoms with Crippen molar-refractivity contribution in [2.24, 2.45) is 5.92 Å². The Hall–Kier alpha value is -0.570. The van der Waals surface area contributed by atoms with Crippen molar-refractivity contribution in [2.75, 3.05) is 20.6 Å². The first kappa shape index (κ1) is 16.8. The van der Waals surface area contributed by atoms with Gasteiger partial charge in [0, 0.05) is 23.1 Å². The largest absolute Gasteiger partial charge is 0.308 e. The number of hydrogen-bond donors (Lipinski definition) is 1. The average Bonchev–Trinajstić information content (AvgIpc) is 2.44. The molecule has 1 N–H and O–H groups in total. The highest BCUT2D eigenvalue weighted by molar-refractivity contribution is 6.30. The number of nitrogens with one attached hydrogen (secondary N) is 1. The second-order valence-corrected chi connectivity index (χ2v) is 7.41. The van der Waals surface area contributed by atoms with Gasteiger partial charge in [0.2, 0.25) is 0 Å². The van der Waals surface area contributed by atoms with Crippen molar-refractivity contribution < 1.29 is 0 Å². The van der Waals surface area contributed by atoms with Gasteiger partial charge in [-0.15, -0.1) is 0 Å². The van der Waals surface area contributed by atoms with Crippen molar-refractivity contribution in [3.8, 4) is 0 Å². The molecule has 3 atom stereocenters. The predicted octanol–water partition coefficient (Wildman–Crippen LogP) is 4.50. The molecule has 1 fully saturated rings. The summed E-state index contributed by atoms with van der Waals surface area (Å²) in [5.74, 6) is 0.824. The number of benzene rings is 1. The van der Waals surface area contributed by atoms with Gasteiger partial charge in [0.25, 0.3) is 0 Å². The van der Waals surface area contributed by atoms with Gasteiger partial charge in [-0.1, -0.05) is 43.5 Å². The number of rotatable bonds is 5. The van der Waals surface area contributed by atoms with E-state index in [0.717, 1.165) is 17.5 Å². The van der Waals surface area contributed by atoms with E-state index >= 15 is 0 Å². The molecule has 1 saturated carbocycles. The van der Waals surface area contributed by atoms with Crippen LogP contribution in [-0.2, 0) is 0 Å². The molecule has 118 valence electrons. The molecule has 3 heteroatoms. The topological polar surface area (TPSA) is 15.3 Å². The third-order valence-electron chi connectivity index (χ3n) is 5.10. The molecule has 1 aliphatic rings. The van der Waals surface area contributed by atoms with Crippen molar-refractivity contribution >= 4 is 11.6 Å². The van der Waals surface area contributed by atoms with Crippen LogP contribution in [0.15, 0.2) is 24.3 Å². The molecule has 0 saturated heterocycles. The molecule has 0 heterocycles. The maximum absolute atomic E-state index is 6.10. The molecule has 1 aromatic rings. The lowest BCUT2D eigenvalue weighted by Gasteiger charge is -2.46. The molecule has 1 aromatic carbocycles. The van der Waals surface area contributed by atoms with Gasteiger partial charge in [-0.3, -0.25) is 0 Å². The van der Waals surface area contributed by atoms with Gasteiger partial charge in [-0.2, -0.15) is 0 Å². The third kappa shape index (κ3) is 4.21. The van der Waals surface area contributed by atoms with Gasteiger partial charge in [0.15, 0.2) is 0 Å². The Morgan fingerprint density at radius 3 is 2.81 bits per heavy atom. The smallest absolute Gasteiger partial charge is 0.0409 e. The molecule has 0 spiro atoms. The highest BCUT2D eigenvalue weighted by Gasteiger charge is 2.36. The van der Waals surface area contributed by atoms with E-state index in [2.05, 4.69) is 50.3 Å². The zero-order valence-corrected chi connectivity index (χ0v) is 14.6. The second-order valence-electron chi connectivity index (χ2n) is 6.98. The van der Waals surface area contributed by atoms with Crippen LogP contribution in [0.3, 0.4) is 0 Å². The Balaban J connectivity index is 2.02. The van der Waals surface area contributed by atoms with Crippen molar-refractivity contribution in [1.82, 2.24) is 10.2 Å². The predicted molar refractivity (Wildman–Crippen MR) is 91.9 cm³/mol. The first-order valence-corrected chi connectivity index (χ1v) is 8.47. The van der Waals surface area contributed by atoms with Crippen LogP contribution < -0.4 is 5.32 Å². The summed E-state index contributed by atoms with van der Waals surface area (Å²) in [6.07, 6.45) is 5.29. The molecule has 0 bridgehead atoms. The van der Waals surface area contributed by atoms with Gasteiger partial charge >= 0.3 is 0 Å². The van der Waals surface area contributed by atoms with Gasteiger partial charge in [0.05, 0.1) is 0 Å². The summed E-state index contributed by atoms with van der Waals surface area (Å²) >= 11 is 6.10. The lowest BCUT2D eigenvalue weighted by molar-refractivity contribution is 0.0728. The Morgan fingerprint density at radius 1 is 1.43 bits per heavy atom. The first-order chi connectivity index (χ1) is 9.93. The van der Waals surface area contributed by atoms with Gasteiger partial charge in [-0.25, -0.2) is 0 Å². The number of likely N-dealkylation sites (N-methyl/N-ethyl adjacent to an activating group) is 1. The van der Waals surface area contributed by atoms with Crippen molar-refractivity contribution in [3.63, 3.8) is 0 Å². The van der Waals surface area contributed by atoms with Crippen LogP contribution in [0.4, 0.5) is 0 Å². The van der Waals surface area contributed by atoms with Crippen molar-refractivity contribution in [2.45, 2.75) is 51.1 Å². The van der Waals surface area contributed by atoms with Crippen LogP contribution in [0, 0.1) is 5.92 Å². The zero-order valence-electron chi connectivity index (χ0n) is 13.8. The van der Waals surface area contributed by atoms with Gasteiger partial charge in [-0.05, 0) is 57.5 Å². The zero-order chi connectivity index (χ0) is 15.5. The lowest BCUT2D eigenvalue weighted by Crippen LogP contribution is -2.54. The molecule has 0 aliphatic heterocycles. The molecule has 0 amide bonds. The third-order valence-corrected chi connectivity index (χ3v) is 5.34. The molecule has 1 aliphatic carbocycles. The fourth-order valence-electron chi connectivity index (χ4n) is 3.59. The van der Waals surface area contributed by atoms with E-state index in [1.807, 2.05) is 12.1 Å². The molecule has 3 unspecified atom stereocenters. The minimum absolute atomic E-state index is 0.296. The Labute approximate surface area is 134 Å². The van der Waals surface area contributed by atoms with E-state index in [0.29, 0.717) is 11.6 Å². The quantitative estimate of drug-likeness (QED) is 0.861. The van der Waals surface area contributed by atoms with E-state index in [4.69, 9.17) is 11.6 Å². The summed E-state index contributed by atoms with van der Waals surface area (Å²) in [7, 11) is 4.45. The lowest BCUT2D eigenvalue weighted by atomic mass is 9.75. The first-order valence-electron chi connectivity index (χ1n) is 8.09. The molecule has 21 heavy (non-hydrogen) atoms. The number of hydrogen-bond acceptors (Lipinski definition) is 2.